The van der Waals surface area contributed by atoms with Gasteiger partial charge in [0.25, 0.3) is 0 Å². The minimum Gasteiger partial charge on any atom is -0.256 e. The Kier molecular flexibility index (Phi) is 4.68. The number of nitrogens with zero attached hydrogens (tertiary/aromatic N) is 2. The molecule has 0 bridgehead atoms. The molecule has 0 saturated heterocycles. The fourth-order valence-electron chi connectivity index (χ4n) is 4.87. The first-order valence-electron chi connectivity index (χ1n) is 11.7. The van der Waals surface area contributed by atoms with E-state index in [-0.39, 0.29) is 0 Å². The molecule has 0 saturated carbocycles. The van der Waals surface area contributed by atoms with Crippen molar-refractivity contribution in [2.45, 2.75) is 0 Å². The third-order valence-corrected chi connectivity index (χ3v) is 7.68. The molecule has 2 nitrogen and oxygen atoms in total. The highest BCUT2D eigenvalue weighted by Crippen LogP contribution is 2.40. The summed E-state index contributed by atoms with van der Waals surface area (Å²) in [5, 5.41) is 3.60. The minimum atomic E-state index is 0.951. The zero-order valence-corrected chi connectivity index (χ0v) is 19.7. The van der Waals surface area contributed by atoms with Crippen molar-refractivity contribution in [1.29, 1.82) is 0 Å². The van der Waals surface area contributed by atoms with Gasteiger partial charge in [-0.05, 0) is 41.5 Å². The highest BCUT2D eigenvalue weighted by molar-refractivity contribution is 7.25. The molecule has 0 atom stereocenters. The van der Waals surface area contributed by atoms with Crippen LogP contribution in [-0.4, -0.2) is 9.97 Å². The number of pyridine rings is 2. The summed E-state index contributed by atoms with van der Waals surface area (Å²) in [5.74, 6) is 0. The van der Waals surface area contributed by atoms with Gasteiger partial charge in [0.2, 0.25) is 0 Å². The van der Waals surface area contributed by atoms with Gasteiger partial charge in [0.15, 0.2) is 0 Å². The number of rotatable bonds is 3. The summed E-state index contributed by atoms with van der Waals surface area (Å²) < 4.78 is 2.57. The van der Waals surface area contributed by atoms with Crippen molar-refractivity contribution in [1.82, 2.24) is 9.97 Å². The largest absolute Gasteiger partial charge is 0.256 e. The molecule has 0 N–H and O–H groups in total. The van der Waals surface area contributed by atoms with Crippen LogP contribution in [0.2, 0.25) is 0 Å². The normalized spacial score (nSPS) is 11.4. The molecule has 0 amide bonds. The molecule has 4 aromatic carbocycles. The van der Waals surface area contributed by atoms with E-state index in [1.165, 1.54) is 31.3 Å². The van der Waals surface area contributed by atoms with Gasteiger partial charge in [-0.15, -0.1) is 11.3 Å². The fourth-order valence-corrected chi connectivity index (χ4v) is 6.00. The zero-order chi connectivity index (χ0) is 23.2. The molecule has 0 spiro atoms. The fraction of sp³-hybridized carbons (Fsp3) is 0. The molecular weight excluding hydrogens is 444 g/mol. The Bertz CT molecular complexity index is 1830. The van der Waals surface area contributed by atoms with Crippen molar-refractivity contribution in [3.05, 3.63) is 121 Å². The summed E-state index contributed by atoms with van der Waals surface area (Å²) in [6.07, 6.45) is 1.86. The molecule has 0 aliphatic heterocycles. The van der Waals surface area contributed by atoms with Crippen molar-refractivity contribution in [2.75, 3.05) is 0 Å². The molecule has 0 aliphatic rings. The van der Waals surface area contributed by atoms with Crippen LogP contribution < -0.4 is 0 Å². The third-order valence-electron chi connectivity index (χ3n) is 6.54. The molecule has 3 heterocycles. The smallest absolute Gasteiger partial charge is 0.0803 e. The third kappa shape index (κ3) is 3.40. The Morgan fingerprint density at radius 1 is 0.543 bits per heavy atom. The van der Waals surface area contributed by atoms with Crippen LogP contribution in [-0.2, 0) is 0 Å². The highest BCUT2D eigenvalue weighted by atomic mass is 32.1. The molecule has 3 heteroatoms. The van der Waals surface area contributed by atoms with Crippen molar-refractivity contribution in [3.63, 3.8) is 0 Å². The van der Waals surface area contributed by atoms with E-state index in [1.807, 2.05) is 29.7 Å². The standard InChI is InChI=1S/C32H20N2S/c1-2-8-21(9-3-1)22-15-17-23(18-16-22)32-25-12-7-19-33-27(25)20-28(34-32)24-11-6-14-30-31(24)26-10-4-5-13-29(26)35-30/h1-20H. The summed E-state index contributed by atoms with van der Waals surface area (Å²) >= 11 is 1.83. The van der Waals surface area contributed by atoms with E-state index >= 15 is 0 Å². The Morgan fingerprint density at radius 3 is 2.14 bits per heavy atom. The molecule has 0 unspecified atom stereocenters. The van der Waals surface area contributed by atoms with Crippen LogP contribution >= 0.6 is 11.3 Å². The van der Waals surface area contributed by atoms with Crippen LogP contribution in [0, 0.1) is 0 Å². The van der Waals surface area contributed by atoms with E-state index in [0.717, 1.165) is 33.4 Å². The van der Waals surface area contributed by atoms with Gasteiger partial charge < -0.3 is 0 Å². The van der Waals surface area contributed by atoms with E-state index in [1.54, 1.807) is 0 Å². The number of aromatic nitrogens is 2. The summed E-state index contributed by atoms with van der Waals surface area (Å²) in [7, 11) is 0. The summed E-state index contributed by atoms with van der Waals surface area (Å²) in [5.41, 5.74) is 7.51. The lowest BCUT2D eigenvalue weighted by atomic mass is 9.99. The van der Waals surface area contributed by atoms with Gasteiger partial charge in [0.1, 0.15) is 0 Å². The first kappa shape index (κ1) is 20.1. The first-order valence-corrected chi connectivity index (χ1v) is 12.5. The number of hydrogen-bond acceptors (Lipinski definition) is 3. The maximum absolute atomic E-state index is 5.24. The van der Waals surface area contributed by atoms with E-state index < -0.39 is 0 Å². The second-order valence-corrected chi connectivity index (χ2v) is 9.73. The van der Waals surface area contributed by atoms with E-state index in [4.69, 9.17) is 9.97 Å². The second-order valence-electron chi connectivity index (χ2n) is 8.65. The van der Waals surface area contributed by atoms with Gasteiger partial charge in [-0.25, -0.2) is 4.98 Å². The molecule has 35 heavy (non-hydrogen) atoms. The van der Waals surface area contributed by atoms with E-state index in [0.29, 0.717) is 0 Å². The summed E-state index contributed by atoms with van der Waals surface area (Å²) in [6.45, 7) is 0. The molecule has 0 radical (unpaired) electrons. The van der Waals surface area contributed by atoms with Gasteiger partial charge >= 0.3 is 0 Å². The van der Waals surface area contributed by atoms with Crippen LogP contribution in [0.1, 0.15) is 0 Å². The van der Waals surface area contributed by atoms with E-state index in [2.05, 4.69) is 103 Å². The Hall–Kier alpha value is -4.34. The number of benzene rings is 4. The van der Waals surface area contributed by atoms with Crippen LogP contribution in [0.3, 0.4) is 0 Å². The number of fused-ring (bicyclic) bond motifs is 4. The average molecular weight is 465 g/mol. The van der Waals surface area contributed by atoms with Crippen molar-refractivity contribution in [3.8, 4) is 33.6 Å². The average Bonchev–Trinajstić information content (AvgIpc) is 3.32. The van der Waals surface area contributed by atoms with Gasteiger partial charge in [-0.2, -0.15) is 0 Å². The lowest BCUT2D eigenvalue weighted by Gasteiger charge is -2.11. The Labute approximate surface area is 207 Å². The SMILES string of the molecule is c1ccc(-c2ccc(-c3nc(-c4cccc5sc6ccccc6c45)cc4ncccc34)cc2)cc1. The van der Waals surface area contributed by atoms with Crippen LogP contribution in [0.25, 0.3) is 64.7 Å². The van der Waals surface area contributed by atoms with Gasteiger partial charge in [-0.3, -0.25) is 4.98 Å². The lowest BCUT2D eigenvalue weighted by molar-refractivity contribution is 1.32. The number of hydrogen-bond donors (Lipinski definition) is 0. The molecule has 7 rings (SSSR count). The maximum atomic E-state index is 5.24. The summed E-state index contributed by atoms with van der Waals surface area (Å²) in [4.78, 5) is 9.96. The Morgan fingerprint density at radius 2 is 1.26 bits per heavy atom. The van der Waals surface area contributed by atoms with Crippen molar-refractivity contribution in [2.24, 2.45) is 0 Å². The molecule has 0 aliphatic carbocycles. The molecular formula is C32H20N2S. The predicted molar refractivity (Wildman–Crippen MR) is 149 cm³/mol. The van der Waals surface area contributed by atoms with E-state index in [9.17, 15) is 0 Å². The van der Waals surface area contributed by atoms with Gasteiger partial charge in [0.05, 0.1) is 16.9 Å². The number of thiophene rings is 1. The van der Waals surface area contributed by atoms with Crippen molar-refractivity contribution < 1.29 is 0 Å². The molecule has 0 fully saturated rings. The zero-order valence-electron chi connectivity index (χ0n) is 18.8. The topological polar surface area (TPSA) is 25.8 Å². The van der Waals surface area contributed by atoms with Crippen LogP contribution in [0.4, 0.5) is 0 Å². The maximum Gasteiger partial charge on any atom is 0.0803 e. The molecule has 7 aromatic rings. The lowest BCUT2D eigenvalue weighted by Crippen LogP contribution is -1.93. The minimum absolute atomic E-state index is 0.951. The van der Waals surface area contributed by atoms with Gasteiger partial charge in [0, 0.05) is 42.9 Å². The second kappa shape index (κ2) is 8.15. The van der Waals surface area contributed by atoms with Crippen LogP contribution in [0.5, 0.6) is 0 Å². The van der Waals surface area contributed by atoms with Crippen molar-refractivity contribution >= 4 is 42.4 Å². The molecule has 3 aromatic heterocycles. The first-order chi connectivity index (χ1) is 17.3. The molecule has 164 valence electrons. The van der Waals surface area contributed by atoms with Gasteiger partial charge in [-0.1, -0.05) is 84.9 Å². The summed E-state index contributed by atoms with van der Waals surface area (Å²) in [6, 6.07) is 40.5. The highest BCUT2D eigenvalue weighted by Gasteiger charge is 2.15. The Balaban J connectivity index is 1.45. The van der Waals surface area contributed by atoms with Crippen LogP contribution in [0.15, 0.2) is 121 Å². The monoisotopic (exact) mass is 464 g/mol. The quantitative estimate of drug-likeness (QED) is 0.261. The predicted octanol–water partition coefficient (Wildman–Crippen LogP) is 9.00.